The molecule has 0 spiro atoms. The third-order valence-corrected chi connectivity index (χ3v) is 3.61. The zero-order valence-corrected chi connectivity index (χ0v) is 11.7. The molecule has 3 aromatic rings. The molecule has 0 fully saturated rings. The lowest BCUT2D eigenvalue weighted by molar-refractivity contribution is -0.136. The van der Waals surface area contributed by atoms with E-state index in [1.165, 1.54) is 12.3 Å². The van der Waals surface area contributed by atoms with Crippen molar-refractivity contribution in [3.05, 3.63) is 72.8 Å². The first-order valence-corrected chi connectivity index (χ1v) is 6.85. The molecule has 1 aromatic heterocycles. The molecule has 22 heavy (non-hydrogen) atoms. The Labute approximate surface area is 126 Å². The predicted octanol–water partition coefficient (Wildman–Crippen LogP) is 5.30. The lowest BCUT2D eigenvalue weighted by Crippen LogP contribution is -2.07. The van der Waals surface area contributed by atoms with Crippen molar-refractivity contribution < 1.29 is 13.2 Å². The number of para-hydroxylation sites is 1. The molecule has 0 N–H and O–H groups in total. The molecule has 0 bridgehead atoms. The summed E-state index contributed by atoms with van der Waals surface area (Å²) in [6.45, 7) is 3.86. The van der Waals surface area contributed by atoms with E-state index in [9.17, 15) is 13.2 Å². The Bertz CT molecular complexity index is 808. The zero-order valence-electron chi connectivity index (χ0n) is 11.7. The number of fused-ring (bicyclic) bond motifs is 1. The van der Waals surface area contributed by atoms with Gasteiger partial charge in [0, 0.05) is 11.6 Å². The maximum atomic E-state index is 13.2. The lowest BCUT2D eigenvalue weighted by Gasteiger charge is -2.15. The third kappa shape index (κ3) is 2.45. The first kappa shape index (κ1) is 14.6. The Balaban J connectivity index is 2.39. The highest BCUT2D eigenvalue weighted by Crippen LogP contribution is 2.38. The van der Waals surface area contributed by atoms with E-state index in [-0.39, 0.29) is 5.52 Å². The van der Waals surface area contributed by atoms with Gasteiger partial charge in [-0.1, -0.05) is 42.5 Å². The number of alkyl halides is 3. The summed E-state index contributed by atoms with van der Waals surface area (Å²) < 4.78 is 39.5. The lowest BCUT2D eigenvalue weighted by atomic mass is 9.94. The summed E-state index contributed by atoms with van der Waals surface area (Å²) in [5, 5.41) is 0.502. The van der Waals surface area contributed by atoms with Crippen LogP contribution in [0.1, 0.15) is 11.1 Å². The highest BCUT2D eigenvalue weighted by atomic mass is 19.4. The van der Waals surface area contributed by atoms with Crippen LogP contribution in [0.5, 0.6) is 0 Å². The van der Waals surface area contributed by atoms with Gasteiger partial charge in [-0.25, -0.2) is 0 Å². The van der Waals surface area contributed by atoms with Crippen LogP contribution in [0, 0.1) is 6.92 Å². The molecular formula is C18H13F3N. The summed E-state index contributed by atoms with van der Waals surface area (Å²) in [6.07, 6.45) is -2.47. The Morgan fingerprint density at radius 3 is 2.32 bits per heavy atom. The minimum absolute atomic E-state index is 0.0222. The second-order valence-corrected chi connectivity index (χ2v) is 4.97. The Morgan fingerprint density at radius 2 is 1.68 bits per heavy atom. The van der Waals surface area contributed by atoms with Crippen LogP contribution in [0.4, 0.5) is 13.2 Å². The molecule has 111 valence electrons. The van der Waals surface area contributed by atoms with Crippen LogP contribution in [0.3, 0.4) is 0 Å². The Morgan fingerprint density at radius 1 is 0.955 bits per heavy atom. The van der Waals surface area contributed by atoms with Crippen LogP contribution in [0.2, 0.25) is 0 Å². The van der Waals surface area contributed by atoms with E-state index >= 15 is 0 Å². The van der Waals surface area contributed by atoms with Gasteiger partial charge in [-0.05, 0) is 36.1 Å². The summed E-state index contributed by atoms with van der Waals surface area (Å²) >= 11 is 0. The maximum Gasteiger partial charge on any atom is 0.418 e. The first-order valence-electron chi connectivity index (χ1n) is 6.85. The second kappa shape index (κ2) is 5.44. The SMILES string of the molecule is [CH2]Cc1cnc2c(C(F)(F)F)cccc2c1-c1ccccc1. The smallest absolute Gasteiger partial charge is 0.255 e. The van der Waals surface area contributed by atoms with Gasteiger partial charge in [0.25, 0.3) is 0 Å². The van der Waals surface area contributed by atoms with Crippen LogP contribution in [-0.2, 0) is 12.6 Å². The molecule has 0 atom stereocenters. The second-order valence-electron chi connectivity index (χ2n) is 4.97. The van der Waals surface area contributed by atoms with Gasteiger partial charge in [-0.3, -0.25) is 4.98 Å². The fourth-order valence-corrected chi connectivity index (χ4v) is 2.63. The van der Waals surface area contributed by atoms with Gasteiger partial charge in [0.2, 0.25) is 0 Å². The summed E-state index contributed by atoms with van der Waals surface area (Å²) in [4.78, 5) is 4.04. The first-order chi connectivity index (χ1) is 10.5. The van der Waals surface area contributed by atoms with Crippen molar-refractivity contribution in [1.82, 2.24) is 4.98 Å². The fourth-order valence-electron chi connectivity index (χ4n) is 2.63. The van der Waals surface area contributed by atoms with Crippen molar-refractivity contribution in [2.24, 2.45) is 0 Å². The highest BCUT2D eigenvalue weighted by Gasteiger charge is 2.33. The van der Waals surface area contributed by atoms with E-state index in [1.807, 2.05) is 30.3 Å². The van der Waals surface area contributed by atoms with Gasteiger partial charge in [0.1, 0.15) is 0 Å². The number of pyridine rings is 1. The molecule has 0 aliphatic carbocycles. The van der Waals surface area contributed by atoms with Crippen molar-refractivity contribution >= 4 is 10.9 Å². The van der Waals surface area contributed by atoms with E-state index in [0.717, 1.165) is 22.8 Å². The summed E-state index contributed by atoms with van der Waals surface area (Å²) in [5.41, 5.74) is 1.74. The van der Waals surface area contributed by atoms with E-state index in [4.69, 9.17) is 0 Å². The fraction of sp³-hybridized carbons (Fsp3) is 0.111. The molecule has 0 amide bonds. The van der Waals surface area contributed by atoms with E-state index < -0.39 is 11.7 Å². The van der Waals surface area contributed by atoms with Gasteiger partial charge in [-0.15, -0.1) is 0 Å². The molecule has 0 saturated carbocycles. The average Bonchev–Trinajstić information content (AvgIpc) is 2.53. The van der Waals surface area contributed by atoms with E-state index in [0.29, 0.717) is 11.8 Å². The van der Waals surface area contributed by atoms with Gasteiger partial charge < -0.3 is 0 Å². The summed E-state index contributed by atoms with van der Waals surface area (Å²) in [6, 6.07) is 13.5. The molecule has 1 nitrogen and oxygen atoms in total. The topological polar surface area (TPSA) is 12.9 Å². The molecule has 0 saturated heterocycles. The number of rotatable bonds is 2. The van der Waals surface area contributed by atoms with E-state index in [2.05, 4.69) is 11.9 Å². The van der Waals surface area contributed by atoms with Crippen LogP contribution >= 0.6 is 0 Å². The van der Waals surface area contributed by atoms with Crippen LogP contribution < -0.4 is 0 Å². The van der Waals surface area contributed by atoms with Gasteiger partial charge >= 0.3 is 6.18 Å². The Hall–Kier alpha value is -2.36. The molecular weight excluding hydrogens is 287 g/mol. The van der Waals surface area contributed by atoms with Gasteiger partial charge in [0.15, 0.2) is 0 Å². The van der Waals surface area contributed by atoms with Crippen molar-refractivity contribution in [2.45, 2.75) is 12.6 Å². The van der Waals surface area contributed by atoms with Crippen molar-refractivity contribution in [3.8, 4) is 11.1 Å². The van der Waals surface area contributed by atoms with E-state index in [1.54, 1.807) is 6.07 Å². The van der Waals surface area contributed by atoms with Crippen LogP contribution in [-0.4, -0.2) is 4.98 Å². The number of benzene rings is 2. The van der Waals surface area contributed by atoms with Gasteiger partial charge in [0.05, 0.1) is 11.1 Å². The summed E-state index contributed by atoms with van der Waals surface area (Å²) in [5.74, 6) is 0. The van der Waals surface area contributed by atoms with Crippen LogP contribution in [0.25, 0.3) is 22.0 Å². The number of hydrogen-bond donors (Lipinski definition) is 0. The highest BCUT2D eigenvalue weighted by molar-refractivity contribution is 5.97. The molecule has 3 rings (SSSR count). The van der Waals surface area contributed by atoms with Crippen molar-refractivity contribution in [1.29, 1.82) is 0 Å². The molecule has 2 aromatic carbocycles. The molecule has 1 radical (unpaired) electrons. The standard InChI is InChI=1S/C18H13F3N/c1-2-12-11-22-17-14(9-6-10-15(17)18(19,20)21)16(12)13-7-4-3-5-8-13/h3-11H,1-2H2. The minimum Gasteiger partial charge on any atom is -0.255 e. The molecule has 0 aliphatic heterocycles. The quantitative estimate of drug-likeness (QED) is 0.626. The monoisotopic (exact) mass is 300 g/mol. The number of hydrogen-bond acceptors (Lipinski definition) is 1. The Kier molecular flexibility index (Phi) is 3.61. The van der Waals surface area contributed by atoms with Gasteiger partial charge in [-0.2, -0.15) is 13.2 Å². The number of aromatic nitrogens is 1. The zero-order chi connectivity index (χ0) is 15.7. The predicted molar refractivity (Wildman–Crippen MR) is 81.2 cm³/mol. The molecule has 1 heterocycles. The minimum atomic E-state index is -4.42. The average molecular weight is 300 g/mol. The van der Waals surface area contributed by atoms with Crippen molar-refractivity contribution in [2.75, 3.05) is 0 Å². The normalized spacial score (nSPS) is 11.8. The molecule has 0 unspecified atom stereocenters. The third-order valence-electron chi connectivity index (χ3n) is 3.61. The maximum absolute atomic E-state index is 13.2. The van der Waals surface area contributed by atoms with Crippen molar-refractivity contribution in [3.63, 3.8) is 0 Å². The summed E-state index contributed by atoms with van der Waals surface area (Å²) in [7, 11) is 0. The molecule has 4 heteroatoms. The molecule has 0 aliphatic rings. The number of nitrogens with zero attached hydrogens (tertiary/aromatic N) is 1. The van der Waals surface area contributed by atoms with Crippen LogP contribution in [0.15, 0.2) is 54.7 Å². The largest absolute Gasteiger partial charge is 0.418 e. The number of halogens is 3.